The minimum atomic E-state index is -4.63. The van der Waals surface area contributed by atoms with Gasteiger partial charge in [-0.2, -0.15) is 13.2 Å². The molecule has 9 heteroatoms. The number of methoxy groups -OCH3 is 1. The Balaban J connectivity index is 2.86. The molecule has 3 N–H and O–H groups in total. The first kappa shape index (κ1) is 16.4. The Bertz CT molecular complexity index is 429. The Hall–Kier alpha value is -1.61. The van der Waals surface area contributed by atoms with Crippen LogP contribution in [-0.2, 0) is 10.9 Å². The molecule has 1 aromatic rings. The molecule has 0 amide bonds. The van der Waals surface area contributed by atoms with Crippen LogP contribution in [0.3, 0.4) is 0 Å². The number of ether oxygens (including phenoxy) is 1. The van der Waals surface area contributed by atoms with Crippen molar-refractivity contribution in [3.8, 4) is 0 Å². The van der Waals surface area contributed by atoms with Crippen molar-refractivity contribution >= 4 is 11.6 Å². The van der Waals surface area contributed by atoms with E-state index in [9.17, 15) is 18.3 Å². The van der Waals surface area contributed by atoms with Gasteiger partial charge in [-0.25, -0.2) is 9.97 Å². The highest BCUT2D eigenvalue weighted by Crippen LogP contribution is 2.28. The minimum Gasteiger partial charge on any atom is -0.389 e. The van der Waals surface area contributed by atoms with Crippen molar-refractivity contribution < 1.29 is 23.0 Å². The SMILES string of the molecule is CCNc1cc(NCC(O)COC)nc(C(F)(F)F)n1. The van der Waals surface area contributed by atoms with E-state index in [4.69, 9.17) is 4.74 Å². The van der Waals surface area contributed by atoms with Gasteiger partial charge in [0.15, 0.2) is 0 Å². The van der Waals surface area contributed by atoms with Gasteiger partial charge in [-0.05, 0) is 6.92 Å². The maximum Gasteiger partial charge on any atom is 0.451 e. The van der Waals surface area contributed by atoms with Gasteiger partial charge in [-0.3, -0.25) is 0 Å². The molecule has 0 aliphatic heterocycles. The van der Waals surface area contributed by atoms with Crippen LogP contribution >= 0.6 is 0 Å². The van der Waals surface area contributed by atoms with Gasteiger partial charge in [0.1, 0.15) is 11.6 Å². The first-order valence-electron chi connectivity index (χ1n) is 5.97. The number of nitrogens with zero attached hydrogens (tertiary/aromatic N) is 2. The summed E-state index contributed by atoms with van der Waals surface area (Å²) >= 11 is 0. The van der Waals surface area contributed by atoms with E-state index in [1.165, 1.54) is 13.2 Å². The summed E-state index contributed by atoms with van der Waals surface area (Å²) in [6.07, 6.45) is -5.47. The summed E-state index contributed by atoms with van der Waals surface area (Å²) in [7, 11) is 1.42. The quantitative estimate of drug-likeness (QED) is 0.704. The van der Waals surface area contributed by atoms with Crippen LogP contribution in [0.15, 0.2) is 6.07 Å². The molecule has 0 aliphatic rings. The molecule has 1 unspecified atom stereocenters. The number of aliphatic hydroxyl groups is 1. The highest BCUT2D eigenvalue weighted by atomic mass is 19.4. The third kappa shape index (κ3) is 5.17. The van der Waals surface area contributed by atoms with Crippen LogP contribution in [0.25, 0.3) is 0 Å². The molecule has 0 radical (unpaired) electrons. The zero-order valence-corrected chi connectivity index (χ0v) is 11.2. The highest BCUT2D eigenvalue weighted by Gasteiger charge is 2.35. The summed E-state index contributed by atoms with van der Waals surface area (Å²) in [5.41, 5.74) is 0. The summed E-state index contributed by atoms with van der Waals surface area (Å²) < 4.78 is 42.7. The molecular formula is C11H17F3N4O2. The van der Waals surface area contributed by atoms with E-state index in [0.29, 0.717) is 6.54 Å². The molecule has 1 heterocycles. The average molecular weight is 294 g/mol. The van der Waals surface area contributed by atoms with Gasteiger partial charge in [-0.15, -0.1) is 0 Å². The molecule has 0 saturated heterocycles. The Morgan fingerprint density at radius 2 is 1.90 bits per heavy atom. The third-order valence-corrected chi connectivity index (χ3v) is 2.22. The topological polar surface area (TPSA) is 79.3 Å². The van der Waals surface area contributed by atoms with Crippen LogP contribution in [0.5, 0.6) is 0 Å². The molecule has 114 valence electrons. The molecular weight excluding hydrogens is 277 g/mol. The van der Waals surface area contributed by atoms with Crippen LogP contribution in [0.2, 0.25) is 0 Å². The van der Waals surface area contributed by atoms with Gasteiger partial charge < -0.3 is 20.5 Å². The fourth-order valence-electron chi connectivity index (χ4n) is 1.41. The zero-order valence-electron chi connectivity index (χ0n) is 11.2. The Labute approximate surface area is 114 Å². The molecule has 0 aliphatic carbocycles. The van der Waals surface area contributed by atoms with Gasteiger partial charge in [0.2, 0.25) is 5.82 Å². The highest BCUT2D eigenvalue weighted by molar-refractivity contribution is 5.47. The zero-order chi connectivity index (χ0) is 15.2. The minimum absolute atomic E-state index is 0.0153. The first-order valence-corrected chi connectivity index (χ1v) is 5.97. The molecule has 0 fully saturated rings. The standard InChI is InChI=1S/C11H17F3N4O2/c1-3-15-8-4-9(16-5-7(19)6-20-2)18-10(17-8)11(12,13)14/h4,7,19H,3,5-6H2,1-2H3,(H2,15,16,17,18). The van der Waals surface area contributed by atoms with Crippen molar-refractivity contribution in [1.29, 1.82) is 0 Å². The Morgan fingerprint density at radius 3 is 2.40 bits per heavy atom. The van der Waals surface area contributed by atoms with Crippen LogP contribution in [-0.4, -0.2) is 48.0 Å². The monoisotopic (exact) mass is 294 g/mol. The average Bonchev–Trinajstić information content (AvgIpc) is 2.36. The molecule has 0 saturated carbocycles. The van der Waals surface area contributed by atoms with Crippen molar-refractivity contribution in [1.82, 2.24) is 9.97 Å². The second-order valence-electron chi connectivity index (χ2n) is 3.98. The van der Waals surface area contributed by atoms with E-state index in [-0.39, 0.29) is 24.8 Å². The fraction of sp³-hybridized carbons (Fsp3) is 0.636. The molecule has 1 aromatic heterocycles. The molecule has 1 atom stereocenters. The number of nitrogens with one attached hydrogen (secondary N) is 2. The van der Waals surface area contributed by atoms with Crippen LogP contribution in [0, 0.1) is 0 Å². The largest absolute Gasteiger partial charge is 0.451 e. The van der Waals surface area contributed by atoms with Crippen molar-refractivity contribution in [3.05, 3.63) is 11.9 Å². The maximum absolute atomic E-state index is 12.7. The number of alkyl halides is 3. The van der Waals surface area contributed by atoms with E-state index >= 15 is 0 Å². The van der Waals surface area contributed by atoms with E-state index in [0.717, 1.165) is 0 Å². The van der Waals surface area contributed by atoms with Gasteiger partial charge >= 0.3 is 6.18 Å². The second-order valence-corrected chi connectivity index (χ2v) is 3.98. The van der Waals surface area contributed by atoms with Gasteiger partial charge in [0, 0.05) is 26.3 Å². The smallest absolute Gasteiger partial charge is 0.389 e. The van der Waals surface area contributed by atoms with Gasteiger partial charge in [-0.1, -0.05) is 0 Å². The lowest BCUT2D eigenvalue weighted by Crippen LogP contribution is -2.25. The Kier molecular flexibility index (Phi) is 5.96. The van der Waals surface area contributed by atoms with Crippen molar-refractivity contribution in [2.75, 3.05) is 37.4 Å². The molecule has 20 heavy (non-hydrogen) atoms. The van der Waals surface area contributed by atoms with Crippen LogP contribution in [0.4, 0.5) is 24.8 Å². The third-order valence-electron chi connectivity index (χ3n) is 2.22. The molecule has 0 spiro atoms. The summed E-state index contributed by atoms with van der Waals surface area (Å²) in [5, 5.41) is 14.8. The number of hydrogen-bond donors (Lipinski definition) is 3. The van der Waals surface area contributed by atoms with E-state index < -0.39 is 18.1 Å². The van der Waals surface area contributed by atoms with Crippen molar-refractivity contribution in [2.45, 2.75) is 19.2 Å². The van der Waals surface area contributed by atoms with Crippen LogP contribution in [0.1, 0.15) is 12.7 Å². The maximum atomic E-state index is 12.7. The number of aliphatic hydroxyl groups excluding tert-OH is 1. The molecule has 1 rings (SSSR count). The number of hydrogen-bond acceptors (Lipinski definition) is 6. The normalized spacial score (nSPS) is 13.1. The van der Waals surface area contributed by atoms with Gasteiger partial charge in [0.05, 0.1) is 12.7 Å². The molecule has 0 bridgehead atoms. The lowest BCUT2D eigenvalue weighted by molar-refractivity contribution is -0.144. The lowest BCUT2D eigenvalue weighted by atomic mass is 10.3. The first-order chi connectivity index (χ1) is 9.36. The van der Waals surface area contributed by atoms with Crippen molar-refractivity contribution in [3.63, 3.8) is 0 Å². The number of halogens is 3. The summed E-state index contributed by atoms with van der Waals surface area (Å²) in [6.45, 7) is 2.27. The fourth-order valence-corrected chi connectivity index (χ4v) is 1.41. The summed E-state index contributed by atoms with van der Waals surface area (Å²) in [4.78, 5) is 6.76. The number of anilines is 2. The number of rotatable bonds is 7. The predicted octanol–water partition coefficient (Wildman–Crippen LogP) is 1.35. The lowest BCUT2D eigenvalue weighted by Gasteiger charge is -2.14. The van der Waals surface area contributed by atoms with E-state index in [1.807, 2.05) is 0 Å². The second kappa shape index (κ2) is 7.25. The molecule has 6 nitrogen and oxygen atoms in total. The number of aromatic nitrogens is 2. The summed E-state index contributed by atoms with van der Waals surface area (Å²) in [6, 6.07) is 1.35. The molecule has 0 aromatic carbocycles. The Morgan fingerprint density at radius 1 is 1.30 bits per heavy atom. The van der Waals surface area contributed by atoms with E-state index in [1.54, 1.807) is 6.92 Å². The predicted molar refractivity (Wildman–Crippen MR) is 67.6 cm³/mol. The summed E-state index contributed by atoms with van der Waals surface area (Å²) in [5.74, 6) is -1.18. The van der Waals surface area contributed by atoms with Crippen LogP contribution < -0.4 is 10.6 Å². The van der Waals surface area contributed by atoms with E-state index in [2.05, 4.69) is 20.6 Å². The van der Waals surface area contributed by atoms with Gasteiger partial charge in [0.25, 0.3) is 0 Å². The van der Waals surface area contributed by atoms with Crippen molar-refractivity contribution in [2.24, 2.45) is 0 Å².